The smallest absolute Gasteiger partial charge is 0.335 e. The maximum absolute atomic E-state index is 12.8. The summed E-state index contributed by atoms with van der Waals surface area (Å²) in [6, 6.07) is 5.27. The van der Waals surface area contributed by atoms with E-state index in [1.54, 1.807) is 12.1 Å². The van der Waals surface area contributed by atoms with E-state index in [1.807, 2.05) is 11.8 Å². The number of benzene rings is 1. The fourth-order valence-electron chi connectivity index (χ4n) is 3.56. The Labute approximate surface area is 124 Å². The number of hydrogen-bond acceptors (Lipinski definition) is 2. The van der Waals surface area contributed by atoms with Crippen molar-refractivity contribution in [2.45, 2.75) is 45.1 Å². The molecule has 1 atom stereocenters. The standard InChI is InChI=1S/C17H21NO3/c1-11-8-13(10-14(9-11)17(20)21)16(19)18-7-3-6-15(18)12-4-2-5-12/h8-10,12,15H,2-7H2,1H3,(H,20,21). The summed E-state index contributed by atoms with van der Waals surface area (Å²) in [7, 11) is 0. The third kappa shape index (κ3) is 2.67. The second kappa shape index (κ2) is 5.51. The van der Waals surface area contributed by atoms with Gasteiger partial charge in [0, 0.05) is 18.2 Å². The van der Waals surface area contributed by atoms with E-state index in [4.69, 9.17) is 5.11 Å². The number of aromatic carboxylic acids is 1. The van der Waals surface area contributed by atoms with Crippen molar-refractivity contribution < 1.29 is 14.7 Å². The topological polar surface area (TPSA) is 57.6 Å². The van der Waals surface area contributed by atoms with Gasteiger partial charge in [0.25, 0.3) is 5.91 Å². The minimum absolute atomic E-state index is 0.00407. The summed E-state index contributed by atoms with van der Waals surface area (Å²) in [5, 5.41) is 9.14. The average Bonchev–Trinajstić information content (AvgIpc) is 2.84. The quantitative estimate of drug-likeness (QED) is 0.929. The van der Waals surface area contributed by atoms with Crippen LogP contribution in [0.15, 0.2) is 18.2 Å². The van der Waals surface area contributed by atoms with E-state index in [-0.39, 0.29) is 11.5 Å². The Kier molecular flexibility index (Phi) is 3.70. The Morgan fingerprint density at radius 2 is 1.81 bits per heavy atom. The Bertz CT molecular complexity index is 577. The highest BCUT2D eigenvalue weighted by molar-refractivity contribution is 5.98. The summed E-state index contributed by atoms with van der Waals surface area (Å²) < 4.78 is 0. The van der Waals surface area contributed by atoms with E-state index >= 15 is 0 Å². The van der Waals surface area contributed by atoms with Gasteiger partial charge in [-0.1, -0.05) is 6.42 Å². The lowest BCUT2D eigenvalue weighted by atomic mass is 9.78. The number of likely N-dealkylation sites (tertiary alicyclic amines) is 1. The zero-order valence-corrected chi connectivity index (χ0v) is 12.3. The first-order chi connectivity index (χ1) is 10.1. The molecule has 1 aliphatic carbocycles. The minimum Gasteiger partial charge on any atom is -0.478 e. The molecule has 1 amide bonds. The van der Waals surface area contributed by atoms with E-state index in [0.29, 0.717) is 17.5 Å². The molecule has 112 valence electrons. The van der Waals surface area contributed by atoms with Crippen LogP contribution in [0.3, 0.4) is 0 Å². The van der Waals surface area contributed by atoms with Crippen LogP contribution in [0.2, 0.25) is 0 Å². The Morgan fingerprint density at radius 3 is 2.43 bits per heavy atom. The SMILES string of the molecule is Cc1cc(C(=O)O)cc(C(=O)N2CCCC2C2CCC2)c1. The molecular weight excluding hydrogens is 266 g/mol. The van der Waals surface area contributed by atoms with E-state index in [2.05, 4.69) is 0 Å². The summed E-state index contributed by atoms with van der Waals surface area (Å²) in [5.41, 5.74) is 1.52. The molecule has 2 aliphatic rings. The molecule has 1 unspecified atom stereocenters. The zero-order valence-electron chi connectivity index (χ0n) is 12.3. The second-order valence-electron chi connectivity index (χ2n) is 6.29. The molecule has 1 N–H and O–H groups in total. The summed E-state index contributed by atoms with van der Waals surface area (Å²) in [5.74, 6) is -0.333. The van der Waals surface area contributed by atoms with Crippen LogP contribution in [0.5, 0.6) is 0 Å². The molecule has 21 heavy (non-hydrogen) atoms. The van der Waals surface area contributed by atoms with E-state index in [9.17, 15) is 9.59 Å². The molecular formula is C17H21NO3. The number of nitrogens with zero attached hydrogens (tertiary/aromatic N) is 1. The lowest BCUT2D eigenvalue weighted by Gasteiger charge is -2.37. The second-order valence-corrected chi connectivity index (χ2v) is 6.29. The van der Waals surface area contributed by atoms with Crippen LogP contribution in [0.4, 0.5) is 0 Å². The highest BCUT2D eigenvalue weighted by Crippen LogP contribution is 2.37. The molecule has 0 spiro atoms. The summed E-state index contributed by atoms with van der Waals surface area (Å²) in [6.45, 7) is 2.63. The zero-order chi connectivity index (χ0) is 15.0. The predicted octanol–water partition coefficient (Wildman–Crippen LogP) is 3.10. The van der Waals surface area contributed by atoms with Gasteiger partial charge in [-0.2, -0.15) is 0 Å². The Hall–Kier alpha value is -1.84. The van der Waals surface area contributed by atoms with Crippen molar-refractivity contribution in [2.24, 2.45) is 5.92 Å². The predicted molar refractivity (Wildman–Crippen MR) is 79.5 cm³/mol. The van der Waals surface area contributed by atoms with Gasteiger partial charge in [0.1, 0.15) is 0 Å². The molecule has 1 aromatic rings. The first kappa shape index (κ1) is 14.1. The molecule has 1 aromatic carbocycles. The number of carbonyl (C=O) groups is 2. The van der Waals surface area contributed by atoms with Gasteiger partial charge >= 0.3 is 5.97 Å². The largest absolute Gasteiger partial charge is 0.478 e. The Balaban J connectivity index is 1.85. The normalized spacial score (nSPS) is 22.1. The van der Waals surface area contributed by atoms with Gasteiger partial charge in [0.2, 0.25) is 0 Å². The fourth-order valence-corrected chi connectivity index (χ4v) is 3.56. The van der Waals surface area contributed by atoms with Crippen LogP contribution < -0.4 is 0 Å². The fraction of sp³-hybridized carbons (Fsp3) is 0.529. The lowest BCUT2D eigenvalue weighted by Crippen LogP contribution is -2.42. The van der Waals surface area contributed by atoms with E-state index < -0.39 is 5.97 Å². The van der Waals surface area contributed by atoms with Gasteiger partial charge in [-0.3, -0.25) is 4.79 Å². The maximum Gasteiger partial charge on any atom is 0.335 e. The van der Waals surface area contributed by atoms with Gasteiger partial charge in [-0.05, 0) is 62.3 Å². The van der Waals surface area contributed by atoms with Crippen molar-refractivity contribution in [3.63, 3.8) is 0 Å². The van der Waals surface area contributed by atoms with Crippen molar-refractivity contribution in [2.75, 3.05) is 6.54 Å². The van der Waals surface area contributed by atoms with Crippen LogP contribution in [0, 0.1) is 12.8 Å². The highest BCUT2D eigenvalue weighted by atomic mass is 16.4. The van der Waals surface area contributed by atoms with Gasteiger partial charge in [-0.15, -0.1) is 0 Å². The molecule has 1 aliphatic heterocycles. The van der Waals surface area contributed by atoms with Crippen molar-refractivity contribution in [3.8, 4) is 0 Å². The number of aryl methyl sites for hydroxylation is 1. The molecule has 0 bridgehead atoms. The van der Waals surface area contributed by atoms with E-state index in [1.165, 1.54) is 25.3 Å². The third-order valence-electron chi connectivity index (χ3n) is 4.83. The van der Waals surface area contributed by atoms with Crippen LogP contribution in [0.25, 0.3) is 0 Å². The van der Waals surface area contributed by atoms with Crippen molar-refractivity contribution in [1.82, 2.24) is 4.90 Å². The third-order valence-corrected chi connectivity index (χ3v) is 4.83. The van der Waals surface area contributed by atoms with Crippen LogP contribution in [0.1, 0.15) is 58.4 Å². The average molecular weight is 287 g/mol. The highest BCUT2D eigenvalue weighted by Gasteiger charge is 2.37. The van der Waals surface area contributed by atoms with Crippen molar-refractivity contribution >= 4 is 11.9 Å². The summed E-state index contributed by atoms with van der Waals surface area (Å²) in [4.78, 5) is 25.9. The number of amides is 1. The summed E-state index contributed by atoms with van der Waals surface area (Å²) >= 11 is 0. The lowest BCUT2D eigenvalue weighted by molar-refractivity contribution is 0.0626. The number of hydrogen-bond donors (Lipinski definition) is 1. The molecule has 4 nitrogen and oxygen atoms in total. The first-order valence-corrected chi connectivity index (χ1v) is 7.72. The molecule has 2 fully saturated rings. The summed E-state index contributed by atoms with van der Waals surface area (Å²) in [6.07, 6.45) is 5.88. The number of carboxylic acid groups (broad SMARTS) is 1. The number of carbonyl (C=O) groups excluding carboxylic acids is 1. The monoisotopic (exact) mass is 287 g/mol. The molecule has 4 heteroatoms. The van der Waals surface area contributed by atoms with E-state index in [0.717, 1.165) is 24.9 Å². The van der Waals surface area contributed by atoms with Gasteiger partial charge < -0.3 is 10.0 Å². The Morgan fingerprint density at radius 1 is 1.10 bits per heavy atom. The van der Waals surface area contributed by atoms with Crippen molar-refractivity contribution in [1.29, 1.82) is 0 Å². The molecule has 1 saturated heterocycles. The minimum atomic E-state index is -0.982. The van der Waals surface area contributed by atoms with Crippen LogP contribution >= 0.6 is 0 Å². The van der Waals surface area contributed by atoms with Gasteiger partial charge in [0.15, 0.2) is 0 Å². The number of carboxylic acids is 1. The molecule has 0 radical (unpaired) electrons. The molecule has 0 aromatic heterocycles. The first-order valence-electron chi connectivity index (χ1n) is 7.72. The molecule has 1 saturated carbocycles. The molecule has 1 heterocycles. The number of rotatable bonds is 3. The van der Waals surface area contributed by atoms with Crippen LogP contribution in [-0.4, -0.2) is 34.5 Å². The molecule has 3 rings (SSSR count). The van der Waals surface area contributed by atoms with Gasteiger partial charge in [-0.25, -0.2) is 4.79 Å². The maximum atomic E-state index is 12.8. The van der Waals surface area contributed by atoms with Gasteiger partial charge in [0.05, 0.1) is 5.56 Å². The van der Waals surface area contributed by atoms with Crippen LogP contribution in [-0.2, 0) is 0 Å². The van der Waals surface area contributed by atoms with Crippen molar-refractivity contribution in [3.05, 3.63) is 34.9 Å².